The molecular formula is C16H25N3OS. The molecule has 0 unspecified atom stereocenters. The van der Waals surface area contributed by atoms with Gasteiger partial charge in [-0.1, -0.05) is 18.2 Å². The van der Waals surface area contributed by atoms with Crippen LogP contribution in [0, 0.1) is 17.8 Å². The Kier molecular flexibility index (Phi) is 4.29. The van der Waals surface area contributed by atoms with Gasteiger partial charge >= 0.3 is 0 Å². The molecule has 1 aromatic heterocycles. The van der Waals surface area contributed by atoms with Gasteiger partial charge in [-0.3, -0.25) is 4.79 Å². The lowest BCUT2D eigenvalue weighted by atomic mass is 9.84. The highest BCUT2D eigenvalue weighted by molar-refractivity contribution is 8.00. The van der Waals surface area contributed by atoms with Crippen LogP contribution in [0.15, 0.2) is 17.6 Å². The van der Waals surface area contributed by atoms with Gasteiger partial charge < -0.3 is 9.88 Å². The van der Waals surface area contributed by atoms with Gasteiger partial charge in [-0.15, -0.1) is 0 Å². The molecule has 2 aliphatic carbocycles. The Morgan fingerprint density at radius 3 is 2.81 bits per heavy atom. The second kappa shape index (κ2) is 6.03. The predicted octanol–water partition coefficient (Wildman–Crippen LogP) is 2.84. The van der Waals surface area contributed by atoms with Crippen molar-refractivity contribution in [2.75, 3.05) is 0 Å². The van der Waals surface area contributed by atoms with Crippen LogP contribution in [-0.4, -0.2) is 26.8 Å². The molecule has 1 heterocycles. The van der Waals surface area contributed by atoms with E-state index in [1.807, 2.05) is 24.7 Å². The molecule has 0 aliphatic heterocycles. The number of aryl methyl sites for hydroxylation is 1. The molecule has 116 valence electrons. The number of imidazole rings is 1. The van der Waals surface area contributed by atoms with Crippen molar-refractivity contribution in [3.8, 4) is 0 Å². The van der Waals surface area contributed by atoms with Crippen LogP contribution in [-0.2, 0) is 11.8 Å². The summed E-state index contributed by atoms with van der Waals surface area (Å²) < 4.78 is 1.95. The van der Waals surface area contributed by atoms with E-state index >= 15 is 0 Å². The number of nitrogens with one attached hydrogen (secondary N) is 1. The largest absolute Gasteiger partial charge is 0.352 e. The van der Waals surface area contributed by atoms with Crippen LogP contribution in [0.1, 0.15) is 39.5 Å². The number of aromatic nitrogens is 2. The first-order chi connectivity index (χ1) is 10.0. The fraction of sp³-hybridized carbons (Fsp3) is 0.750. The van der Waals surface area contributed by atoms with E-state index in [0.717, 1.165) is 17.0 Å². The maximum atomic E-state index is 12.4. The molecule has 3 rings (SSSR count). The number of fused-ring (bicyclic) bond motifs is 2. The zero-order chi connectivity index (χ0) is 15.0. The number of rotatable bonds is 5. The van der Waals surface area contributed by atoms with E-state index < -0.39 is 0 Å². The highest BCUT2D eigenvalue weighted by Gasteiger charge is 2.42. The van der Waals surface area contributed by atoms with Crippen molar-refractivity contribution in [2.24, 2.45) is 24.8 Å². The number of thioether (sulfide) groups is 1. The van der Waals surface area contributed by atoms with Crippen molar-refractivity contribution in [3.63, 3.8) is 0 Å². The van der Waals surface area contributed by atoms with Crippen molar-refractivity contribution < 1.29 is 4.79 Å². The van der Waals surface area contributed by atoms with Crippen LogP contribution in [0.2, 0.25) is 0 Å². The molecule has 1 N–H and O–H groups in total. The average molecular weight is 307 g/mol. The van der Waals surface area contributed by atoms with Crippen LogP contribution in [0.5, 0.6) is 0 Å². The van der Waals surface area contributed by atoms with Crippen LogP contribution >= 0.6 is 11.8 Å². The van der Waals surface area contributed by atoms with Gasteiger partial charge in [-0.2, -0.15) is 0 Å². The maximum absolute atomic E-state index is 12.4. The SMILES string of the molecule is C[C@H](Sc1nccn1C)C(=O)N[C@H](C)[C@@H]1C[C@H]2CC[C@H]1C2. The zero-order valence-corrected chi connectivity index (χ0v) is 13.9. The van der Waals surface area contributed by atoms with Gasteiger partial charge in [0.25, 0.3) is 0 Å². The van der Waals surface area contributed by atoms with Gasteiger partial charge in [0.05, 0.1) is 5.25 Å². The molecule has 0 radical (unpaired) electrons. The minimum atomic E-state index is -0.104. The number of carbonyl (C=O) groups excluding carboxylic acids is 1. The lowest BCUT2D eigenvalue weighted by Gasteiger charge is -2.29. The highest BCUT2D eigenvalue weighted by Crippen LogP contribution is 2.49. The van der Waals surface area contributed by atoms with Gasteiger partial charge in [0.15, 0.2) is 5.16 Å². The standard InChI is InChI=1S/C16H25N3OS/c1-10(14-9-12-4-5-13(14)8-12)18-15(20)11(2)21-16-17-6-7-19(16)3/h6-7,10-14H,4-5,8-9H2,1-3H3,(H,18,20)/t10-,11+,12+,13+,14+/m1/s1. The Morgan fingerprint density at radius 2 is 2.24 bits per heavy atom. The molecule has 2 bridgehead atoms. The molecule has 0 saturated heterocycles. The lowest BCUT2D eigenvalue weighted by molar-refractivity contribution is -0.121. The third kappa shape index (κ3) is 3.12. The molecular weight excluding hydrogens is 282 g/mol. The normalized spacial score (nSPS) is 30.3. The number of carbonyl (C=O) groups is 1. The molecule has 1 aromatic rings. The summed E-state index contributed by atoms with van der Waals surface area (Å²) in [6.07, 6.45) is 9.16. The molecule has 4 nitrogen and oxygen atoms in total. The fourth-order valence-corrected chi connectivity index (χ4v) is 4.87. The summed E-state index contributed by atoms with van der Waals surface area (Å²) in [7, 11) is 1.96. The van der Waals surface area contributed by atoms with Crippen LogP contribution in [0.25, 0.3) is 0 Å². The summed E-state index contributed by atoms with van der Waals surface area (Å²) in [5.74, 6) is 2.61. The first-order valence-corrected chi connectivity index (χ1v) is 8.87. The Hall–Kier alpha value is -0.970. The molecule has 5 heteroatoms. The molecule has 2 fully saturated rings. The van der Waals surface area contributed by atoms with E-state index in [4.69, 9.17) is 0 Å². The number of hydrogen-bond donors (Lipinski definition) is 1. The van der Waals surface area contributed by atoms with Crippen molar-refractivity contribution in [2.45, 2.75) is 56.0 Å². The molecule has 0 spiro atoms. The first-order valence-electron chi connectivity index (χ1n) is 7.99. The van der Waals surface area contributed by atoms with Gasteiger partial charge in [0.1, 0.15) is 0 Å². The van der Waals surface area contributed by atoms with Crippen molar-refractivity contribution in [3.05, 3.63) is 12.4 Å². The van der Waals surface area contributed by atoms with Gasteiger partial charge in [-0.05, 0) is 50.9 Å². The van der Waals surface area contributed by atoms with E-state index in [2.05, 4.69) is 17.2 Å². The molecule has 5 atom stereocenters. The highest BCUT2D eigenvalue weighted by atomic mass is 32.2. The molecule has 21 heavy (non-hydrogen) atoms. The quantitative estimate of drug-likeness (QED) is 0.851. The van der Waals surface area contributed by atoms with Crippen molar-refractivity contribution in [1.82, 2.24) is 14.9 Å². The first kappa shape index (κ1) is 14.9. The second-order valence-electron chi connectivity index (χ2n) is 6.72. The Morgan fingerprint density at radius 1 is 1.43 bits per heavy atom. The maximum Gasteiger partial charge on any atom is 0.233 e. The van der Waals surface area contributed by atoms with Crippen LogP contribution < -0.4 is 5.32 Å². The van der Waals surface area contributed by atoms with E-state index in [1.165, 1.54) is 37.4 Å². The van der Waals surface area contributed by atoms with Crippen molar-refractivity contribution >= 4 is 17.7 Å². The van der Waals surface area contributed by atoms with Crippen LogP contribution in [0.4, 0.5) is 0 Å². The van der Waals surface area contributed by atoms with Gasteiger partial charge in [-0.25, -0.2) is 4.98 Å². The number of hydrogen-bond acceptors (Lipinski definition) is 3. The predicted molar refractivity (Wildman–Crippen MR) is 85.1 cm³/mol. The number of nitrogens with zero attached hydrogens (tertiary/aromatic N) is 2. The summed E-state index contributed by atoms with van der Waals surface area (Å²) in [5, 5.41) is 4.03. The van der Waals surface area contributed by atoms with E-state index in [-0.39, 0.29) is 11.2 Å². The second-order valence-corrected chi connectivity index (χ2v) is 8.02. The zero-order valence-electron chi connectivity index (χ0n) is 13.1. The molecule has 1 amide bonds. The lowest BCUT2D eigenvalue weighted by Crippen LogP contribution is -2.43. The van der Waals surface area contributed by atoms with Gasteiger partial charge in [0.2, 0.25) is 5.91 Å². The van der Waals surface area contributed by atoms with Crippen LogP contribution in [0.3, 0.4) is 0 Å². The number of amides is 1. The Balaban J connectivity index is 1.52. The summed E-state index contributed by atoms with van der Waals surface area (Å²) >= 11 is 1.52. The Bertz CT molecular complexity index is 515. The molecule has 0 aromatic carbocycles. The minimum Gasteiger partial charge on any atom is -0.352 e. The van der Waals surface area contributed by atoms with E-state index in [9.17, 15) is 4.79 Å². The summed E-state index contributed by atoms with van der Waals surface area (Å²) in [4.78, 5) is 16.7. The smallest absolute Gasteiger partial charge is 0.233 e. The van der Waals surface area contributed by atoms with E-state index in [0.29, 0.717) is 12.0 Å². The summed E-state index contributed by atoms with van der Waals surface area (Å²) in [6.45, 7) is 4.14. The molecule has 2 aliphatic rings. The van der Waals surface area contributed by atoms with Crippen molar-refractivity contribution in [1.29, 1.82) is 0 Å². The monoisotopic (exact) mass is 307 g/mol. The summed E-state index contributed by atoms with van der Waals surface area (Å²) in [5.41, 5.74) is 0. The minimum absolute atomic E-state index is 0.104. The Labute approximate surface area is 131 Å². The topological polar surface area (TPSA) is 46.9 Å². The fourth-order valence-electron chi connectivity index (χ4n) is 4.03. The molecule has 2 saturated carbocycles. The van der Waals surface area contributed by atoms with E-state index in [1.54, 1.807) is 6.20 Å². The third-order valence-electron chi connectivity index (χ3n) is 5.23. The van der Waals surface area contributed by atoms with Gasteiger partial charge in [0, 0.05) is 25.5 Å². The summed E-state index contributed by atoms with van der Waals surface area (Å²) in [6, 6.07) is 0.303. The average Bonchev–Trinajstić information content (AvgIpc) is 3.16. The third-order valence-corrected chi connectivity index (χ3v) is 6.41.